The number of nitriles is 1. The third kappa shape index (κ3) is 2.67. The van der Waals surface area contributed by atoms with Crippen LogP contribution in [0.4, 0.5) is 5.69 Å². The number of aromatic amines is 2. The van der Waals surface area contributed by atoms with Gasteiger partial charge in [-0.25, -0.2) is 9.89 Å². The van der Waals surface area contributed by atoms with Gasteiger partial charge in [0.1, 0.15) is 6.07 Å². The van der Waals surface area contributed by atoms with Gasteiger partial charge in [0.05, 0.1) is 16.8 Å². The van der Waals surface area contributed by atoms with Crippen LogP contribution in [0.5, 0.6) is 0 Å². The first kappa shape index (κ1) is 15.8. The summed E-state index contributed by atoms with van der Waals surface area (Å²) in [4.78, 5) is 34.0. The second-order valence-electron chi connectivity index (χ2n) is 5.96. The third-order valence-electron chi connectivity index (χ3n) is 4.45. The number of benzene rings is 1. The van der Waals surface area contributed by atoms with E-state index >= 15 is 0 Å². The molecule has 0 spiro atoms. The number of hydrogen-bond donors (Lipinski definition) is 2. The molecule has 2 N–H and O–H groups in total. The average molecular weight is 349 g/mol. The molecule has 3 heterocycles. The van der Waals surface area contributed by atoms with Crippen LogP contribution in [0.1, 0.15) is 16.2 Å². The Kier molecular flexibility index (Phi) is 3.85. The maximum Gasteiger partial charge on any atom is 0.341 e. The molecule has 1 aliphatic rings. The van der Waals surface area contributed by atoms with Crippen molar-refractivity contribution in [3.05, 3.63) is 52.3 Å². The van der Waals surface area contributed by atoms with Gasteiger partial charge in [-0.15, -0.1) is 5.10 Å². The highest BCUT2D eigenvalue weighted by molar-refractivity contribution is 5.95. The predicted molar refractivity (Wildman–Crippen MR) is 93.8 cm³/mol. The zero-order valence-corrected chi connectivity index (χ0v) is 13.8. The van der Waals surface area contributed by atoms with Gasteiger partial charge in [0.2, 0.25) is 5.82 Å². The third-order valence-corrected chi connectivity index (χ3v) is 4.45. The quantitative estimate of drug-likeness (QED) is 0.694. The van der Waals surface area contributed by atoms with Crippen molar-refractivity contribution < 1.29 is 4.79 Å². The molecule has 0 aliphatic carbocycles. The van der Waals surface area contributed by atoms with Crippen molar-refractivity contribution >= 4 is 22.5 Å². The van der Waals surface area contributed by atoms with Gasteiger partial charge in [-0.05, 0) is 6.07 Å². The van der Waals surface area contributed by atoms with Gasteiger partial charge in [0.15, 0.2) is 0 Å². The fourth-order valence-corrected chi connectivity index (χ4v) is 3.20. The molecule has 26 heavy (non-hydrogen) atoms. The Morgan fingerprint density at radius 3 is 2.65 bits per heavy atom. The number of aromatic nitrogens is 4. The Bertz CT molecular complexity index is 1070. The topological polar surface area (TPSA) is 122 Å². The van der Waals surface area contributed by atoms with E-state index in [1.807, 2.05) is 24.3 Å². The number of anilines is 1. The van der Waals surface area contributed by atoms with E-state index in [0.29, 0.717) is 31.7 Å². The van der Waals surface area contributed by atoms with E-state index < -0.39 is 5.69 Å². The van der Waals surface area contributed by atoms with Gasteiger partial charge in [0, 0.05) is 37.8 Å². The monoisotopic (exact) mass is 349 g/mol. The first-order chi connectivity index (χ1) is 12.7. The number of carbonyl (C=O) groups excluding carboxylic acids is 1. The number of nitrogens with zero attached hydrogens (tertiary/aromatic N) is 5. The maximum absolute atomic E-state index is 12.4. The van der Waals surface area contributed by atoms with Crippen LogP contribution in [0.25, 0.3) is 10.9 Å². The van der Waals surface area contributed by atoms with Crippen LogP contribution in [0.2, 0.25) is 0 Å². The molecule has 130 valence electrons. The molecule has 0 unspecified atom stereocenters. The molecule has 9 heteroatoms. The summed E-state index contributed by atoms with van der Waals surface area (Å²) >= 11 is 0. The van der Waals surface area contributed by atoms with Crippen LogP contribution in [0, 0.1) is 11.3 Å². The summed E-state index contributed by atoms with van der Waals surface area (Å²) in [7, 11) is 0. The molecule has 1 amide bonds. The molecule has 2 aromatic heterocycles. The van der Waals surface area contributed by atoms with Gasteiger partial charge in [-0.1, -0.05) is 18.2 Å². The number of amides is 1. The van der Waals surface area contributed by atoms with Crippen molar-refractivity contribution in [3.8, 4) is 6.07 Å². The average Bonchev–Trinajstić information content (AvgIpc) is 3.13. The second-order valence-corrected chi connectivity index (χ2v) is 5.96. The number of piperazine rings is 1. The number of hydrogen-bond acceptors (Lipinski definition) is 6. The molecule has 1 aliphatic heterocycles. The van der Waals surface area contributed by atoms with Crippen LogP contribution in [0.3, 0.4) is 0 Å². The standard InChI is InChI=1S/C17H15N7O2/c18-9-11-10-19-13-4-2-1-3-12(13)14(11)23-5-7-24(8-6-23)16(25)15-20-17(26)22-21-15/h1-4,10H,5-8H2,(H2,20,21,22,26). The summed E-state index contributed by atoms with van der Waals surface area (Å²) in [5.74, 6) is -0.307. The normalized spacial score (nSPS) is 14.4. The van der Waals surface area contributed by atoms with Crippen LogP contribution in [-0.4, -0.2) is 57.2 Å². The van der Waals surface area contributed by atoms with Crippen molar-refractivity contribution in [1.82, 2.24) is 25.1 Å². The van der Waals surface area contributed by atoms with Gasteiger partial charge in [-0.3, -0.25) is 14.8 Å². The van der Waals surface area contributed by atoms with Crippen molar-refractivity contribution in [2.75, 3.05) is 31.1 Å². The molecule has 4 rings (SSSR count). The first-order valence-electron chi connectivity index (χ1n) is 8.14. The fraction of sp³-hybridized carbons (Fsp3) is 0.235. The molecule has 0 bridgehead atoms. The molecule has 0 radical (unpaired) electrons. The fourth-order valence-electron chi connectivity index (χ4n) is 3.20. The van der Waals surface area contributed by atoms with Gasteiger partial charge in [0.25, 0.3) is 5.91 Å². The lowest BCUT2D eigenvalue weighted by molar-refractivity contribution is 0.0735. The maximum atomic E-state index is 12.4. The van der Waals surface area contributed by atoms with Crippen molar-refractivity contribution in [3.63, 3.8) is 0 Å². The lowest BCUT2D eigenvalue weighted by Crippen LogP contribution is -2.49. The van der Waals surface area contributed by atoms with E-state index in [4.69, 9.17) is 0 Å². The molecule has 1 fully saturated rings. The Morgan fingerprint density at radius 1 is 1.19 bits per heavy atom. The SMILES string of the molecule is N#Cc1cnc2ccccc2c1N1CCN(C(=O)c2n[nH]c(=O)[nH]2)CC1. The predicted octanol–water partition coefficient (Wildman–Crippen LogP) is 0.480. The second kappa shape index (κ2) is 6.33. The Hall–Kier alpha value is -3.67. The van der Waals surface area contributed by atoms with Crippen molar-refractivity contribution in [2.45, 2.75) is 0 Å². The Morgan fingerprint density at radius 2 is 1.96 bits per heavy atom. The van der Waals surface area contributed by atoms with Crippen LogP contribution < -0.4 is 10.6 Å². The molecule has 9 nitrogen and oxygen atoms in total. The minimum Gasteiger partial charge on any atom is -0.366 e. The van der Waals surface area contributed by atoms with Crippen molar-refractivity contribution in [2.24, 2.45) is 0 Å². The highest BCUT2D eigenvalue weighted by Gasteiger charge is 2.26. The summed E-state index contributed by atoms with van der Waals surface area (Å²) in [6, 6.07) is 9.90. The summed E-state index contributed by atoms with van der Waals surface area (Å²) < 4.78 is 0. The van der Waals surface area contributed by atoms with E-state index in [-0.39, 0.29) is 11.7 Å². The molecule has 0 saturated carbocycles. The highest BCUT2D eigenvalue weighted by atomic mass is 16.2. The molecule has 0 atom stereocenters. The van der Waals surface area contributed by atoms with E-state index in [0.717, 1.165) is 16.6 Å². The van der Waals surface area contributed by atoms with Crippen molar-refractivity contribution in [1.29, 1.82) is 5.26 Å². The van der Waals surface area contributed by atoms with E-state index in [9.17, 15) is 14.9 Å². The summed E-state index contributed by atoms with van der Waals surface area (Å²) in [5, 5.41) is 16.3. The van der Waals surface area contributed by atoms with Crippen LogP contribution >= 0.6 is 0 Å². The molecule has 1 saturated heterocycles. The lowest BCUT2D eigenvalue weighted by Gasteiger charge is -2.36. The molecular weight excluding hydrogens is 334 g/mol. The zero-order chi connectivity index (χ0) is 18.1. The van der Waals surface area contributed by atoms with Gasteiger partial charge >= 0.3 is 5.69 Å². The Balaban J connectivity index is 1.59. The largest absolute Gasteiger partial charge is 0.366 e. The van der Waals surface area contributed by atoms with E-state index in [2.05, 4.69) is 31.1 Å². The summed E-state index contributed by atoms with van der Waals surface area (Å²) in [5.41, 5.74) is 1.68. The first-order valence-corrected chi connectivity index (χ1v) is 8.14. The van der Waals surface area contributed by atoms with E-state index in [1.165, 1.54) is 0 Å². The smallest absolute Gasteiger partial charge is 0.341 e. The lowest BCUT2D eigenvalue weighted by atomic mass is 10.1. The molecule has 3 aromatic rings. The zero-order valence-electron chi connectivity index (χ0n) is 13.8. The summed E-state index contributed by atoms with van der Waals surface area (Å²) in [6.45, 7) is 2.08. The minimum absolute atomic E-state index is 0.00975. The number of H-pyrrole nitrogens is 2. The number of carbonyl (C=O) groups is 1. The highest BCUT2D eigenvalue weighted by Crippen LogP contribution is 2.30. The van der Waals surface area contributed by atoms with Crippen LogP contribution in [-0.2, 0) is 0 Å². The number of fused-ring (bicyclic) bond motifs is 1. The molecule has 1 aromatic carbocycles. The summed E-state index contributed by atoms with van der Waals surface area (Å²) in [6.07, 6.45) is 1.59. The molecular formula is C17H15N7O2. The van der Waals surface area contributed by atoms with Gasteiger partial charge < -0.3 is 9.80 Å². The van der Waals surface area contributed by atoms with Crippen LogP contribution in [0.15, 0.2) is 35.3 Å². The minimum atomic E-state index is -0.506. The number of para-hydroxylation sites is 1. The number of nitrogens with one attached hydrogen (secondary N) is 2. The van der Waals surface area contributed by atoms with Gasteiger partial charge in [-0.2, -0.15) is 5.26 Å². The van der Waals surface area contributed by atoms with E-state index in [1.54, 1.807) is 11.1 Å². The number of pyridine rings is 1. The Labute approximate surface area is 147 Å². The number of rotatable bonds is 2.